The molecule has 0 aliphatic carbocycles. The molecule has 0 aliphatic rings. The van der Waals surface area contributed by atoms with E-state index >= 15 is 0 Å². The molecular weight excluding hydrogens is 182 g/mol. The SMILES string of the molecule is CC(O)c1ccc2oc(=O)n(C)c2c1. The quantitative estimate of drug-likeness (QED) is 0.740. The number of rotatable bonds is 1. The number of aryl methyl sites for hydroxylation is 1. The Kier molecular flexibility index (Phi) is 1.93. The van der Waals surface area contributed by atoms with Gasteiger partial charge in [0.25, 0.3) is 0 Å². The van der Waals surface area contributed by atoms with Gasteiger partial charge in [-0.1, -0.05) is 6.07 Å². The number of aliphatic hydroxyl groups is 1. The predicted octanol–water partition coefficient (Wildman–Crippen LogP) is 1.18. The summed E-state index contributed by atoms with van der Waals surface area (Å²) < 4.78 is 6.38. The summed E-state index contributed by atoms with van der Waals surface area (Å²) in [5.41, 5.74) is 2.02. The summed E-state index contributed by atoms with van der Waals surface area (Å²) in [4.78, 5) is 11.2. The van der Waals surface area contributed by atoms with Gasteiger partial charge in [-0.25, -0.2) is 4.79 Å². The van der Waals surface area contributed by atoms with Crippen LogP contribution in [0.15, 0.2) is 27.4 Å². The van der Waals surface area contributed by atoms with E-state index < -0.39 is 6.10 Å². The third-order valence-electron chi connectivity index (χ3n) is 2.30. The normalized spacial score (nSPS) is 13.4. The van der Waals surface area contributed by atoms with Crippen molar-refractivity contribution in [1.29, 1.82) is 0 Å². The van der Waals surface area contributed by atoms with Crippen LogP contribution in [0.4, 0.5) is 0 Å². The third kappa shape index (κ3) is 1.24. The number of fused-ring (bicyclic) bond motifs is 1. The summed E-state index contributed by atoms with van der Waals surface area (Å²) >= 11 is 0. The molecule has 1 aromatic heterocycles. The molecule has 0 aliphatic heterocycles. The first-order valence-corrected chi connectivity index (χ1v) is 4.37. The van der Waals surface area contributed by atoms with Crippen LogP contribution in [0.25, 0.3) is 11.1 Å². The second-order valence-electron chi connectivity index (χ2n) is 3.33. The second-order valence-corrected chi connectivity index (χ2v) is 3.33. The molecule has 2 aromatic rings. The zero-order valence-electron chi connectivity index (χ0n) is 8.02. The van der Waals surface area contributed by atoms with E-state index in [-0.39, 0.29) is 5.76 Å². The zero-order valence-corrected chi connectivity index (χ0v) is 8.02. The summed E-state index contributed by atoms with van der Waals surface area (Å²) in [6.07, 6.45) is -0.538. The second kappa shape index (κ2) is 2.99. The maximum atomic E-state index is 11.2. The Morgan fingerprint density at radius 1 is 1.50 bits per heavy atom. The number of oxazole rings is 1. The Morgan fingerprint density at radius 3 is 2.86 bits per heavy atom. The lowest BCUT2D eigenvalue weighted by molar-refractivity contribution is 0.199. The van der Waals surface area contributed by atoms with Gasteiger partial charge in [0, 0.05) is 7.05 Å². The van der Waals surface area contributed by atoms with Crippen molar-refractivity contribution in [2.45, 2.75) is 13.0 Å². The van der Waals surface area contributed by atoms with Gasteiger partial charge in [-0.3, -0.25) is 4.57 Å². The lowest BCUT2D eigenvalue weighted by atomic mass is 10.1. The van der Waals surface area contributed by atoms with Crippen molar-refractivity contribution >= 4 is 11.1 Å². The Balaban J connectivity index is 2.76. The van der Waals surface area contributed by atoms with Crippen molar-refractivity contribution in [1.82, 2.24) is 4.57 Å². The fraction of sp³-hybridized carbons (Fsp3) is 0.300. The molecule has 4 nitrogen and oxygen atoms in total. The van der Waals surface area contributed by atoms with Crippen LogP contribution in [0.5, 0.6) is 0 Å². The minimum Gasteiger partial charge on any atom is -0.408 e. The molecule has 1 aromatic carbocycles. The lowest BCUT2D eigenvalue weighted by Crippen LogP contribution is -2.08. The molecule has 1 N–H and O–H groups in total. The first-order valence-electron chi connectivity index (χ1n) is 4.37. The van der Waals surface area contributed by atoms with Gasteiger partial charge in [0.2, 0.25) is 0 Å². The molecule has 14 heavy (non-hydrogen) atoms. The highest BCUT2D eigenvalue weighted by atomic mass is 16.4. The molecule has 1 heterocycles. The molecule has 1 atom stereocenters. The summed E-state index contributed by atoms with van der Waals surface area (Å²) in [7, 11) is 1.64. The van der Waals surface area contributed by atoms with Gasteiger partial charge in [-0.15, -0.1) is 0 Å². The van der Waals surface area contributed by atoms with Crippen LogP contribution < -0.4 is 5.76 Å². The van der Waals surface area contributed by atoms with Crippen molar-refractivity contribution in [3.05, 3.63) is 34.3 Å². The molecule has 0 spiro atoms. The van der Waals surface area contributed by atoms with E-state index in [1.807, 2.05) is 0 Å². The fourth-order valence-electron chi connectivity index (χ4n) is 1.40. The van der Waals surface area contributed by atoms with Gasteiger partial charge in [-0.05, 0) is 24.6 Å². The predicted molar refractivity (Wildman–Crippen MR) is 52.1 cm³/mol. The van der Waals surface area contributed by atoms with Crippen LogP contribution in [-0.4, -0.2) is 9.67 Å². The average Bonchev–Trinajstić information content (AvgIpc) is 2.43. The average molecular weight is 193 g/mol. The largest absolute Gasteiger partial charge is 0.419 e. The van der Waals surface area contributed by atoms with Crippen LogP contribution in [-0.2, 0) is 7.05 Å². The van der Waals surface area contributed by atoms with E-state index in [0.717, 1.165) is 5.56 Å². The van der Waals surface area contributed by atoms with Gasteiger partial charge in [0.15, 0.2) is 5.58 Å². The topological polar surface area (TPSA) is 55.4 Å². The molecule has 2 rings (SSSR count). The number of nitrogens with zero attached hydrogens (tertiary/aromatic N) is 1. The van der Waals surface area contributed by atoms with E-state index in [9.17, 15) is 9.90 Å². The van der Waals surface area contributed by atoms with Crippen LogP contribution in [0.3, 0.4) is 0 Å². The monoisotopic (exact) mass is 193 g/mol. The van der Waals surface area contributed by atoms with E-state index in [1.54, 1.807) is 32.2 Å². The molecule has 0 fully saturated rings. The molecule has 0 saturated heterocycles. The van der Waals surface area contributed by atoms with E-state index in [0.29, 0.717) is 11.1 Å². The van der Waals surface area contributed by atoms with Gasteiger partial charge in [0.05, 0.1) is 11.6 Å². The maximum absolute atomic E-state index is 11.2. The van der Waals surface area contributed by atoms with Gasteiger partial charge >= 0.3 is 5.76 Å². The number of hydrogen-bond acceptors (Lipinski definition) is 3. The van der Waals surface area contributed by atoms with E-state index in [2.05, 4.69) is 0 Å². The molecule has 0 amide bonds. The lowest BCUT2D eigenvalue weighted by Gasteiger charge is -2.03. The van der Waals surface area contributed by atoms with Crippen LogP contribution in [0.1, 0.15) is 18.6 Å². The van der Waals surface area contributed by atoms with Crippen LogP contribution in [0, 0.1) is 0 Å². The molecule has 74 valence electrons. The number of hydrogen-bond donors (Lipinski definition) is 1. The number of aromatic nitrogens is 1. The molecular formula is C10H11NO3. The van der Waals surface area contributed by atoms with Crippen LogP contribution in [0.2, 0.25) is 0 Å². The zero-order chi connectivity index (χ0) is 10.3. The number of aliphatic hydroxyl groups excluding tert-OH is 1. The molecule has 0 bridgehead atoms. The molecule has 0 radical (unpaired) electrons. The van der Waals surface area contributed by atoms with Crippen molar-refractivity contribution in [2.75, 3.05) is 0 Å². The molecule has 0 saturated carbocycles. The summed E-state index contributed by atoms with van der Waals surface area (Å²) in [6, 6.07) is 5.19. The highest BCUT2D eigenvalue weighted by Gasteiger charge is 2.08. The maximum Gasteiger partial charge on any atom is 0.419 e. The smallest absolute Gasteiger partial charge is 0.408 e. The highest BCUT2D eigenvalue weighted by Crippen LogP contribution is 2.18. The fourth-order valence-corrected chi connectivity index (χ4v) is 1.40. The first kappa shape index (κ1) is 9.02. The minimum atomic E-state index is -0.538. The molecule has 1 unspecified atom stereocenters. The minimum absolute atomic E-state index is 0.386. The van der Waals surface area contributed by atoms with E-state index in [1.165, 1.54) is 4.57 Å². The van der Waals surface area contributed by atoms with Gasteiger partial charge in [0.1, 0.15) is 0 Å². The van der Waals surface area contributed by atoms with Gasteiger partial charge in [-0.2, -0.15) is 0 Å². The molecule has 4 heteroatoms. The van der Waals surface area contributed by atoms with Crippen molar-refractivity contribution in [3.63, 3.8) is 0 Å². The Labute approximate surface area is 80.4 Å². The Morgan fingerprint density at radius 2 is 2.21 bits per heavy atom. The van der Waals surface area contributed by atoms with Crippen LogP contribution >= 0.6 is 0 Å². The summed E-state index contributed by atoms with van der Waals surface area (Å²) in [5.74, 6) is -0.386. The van der Waals surface area contributed by atoms with Gasteiger partial charge < -0.3 is 9.52 Å². The Bertz CT molecular complexity index is 522. The Hall–Kier alpha value is -1.55. The summed E-state index contributed by atoms with van der Waals surface area (Å²) in [5, 5.41) is 9.36. The summed E-state index contributed by atoms with van der Waals surface area (Å²) in [6.45, 7) is 1.68. The highest BCUT2D eigenvalue weighted by molar-refractivity contribution is 5.73. The van der Waals surface area contributed by atoms with Crippen molar-refractivity contribution in [3.8, 4) is 0 Å². The first-order chi connectivity index (χ1) is 6.59. The third-order valence-corrected chi connectivity index (χ3v) is 2.30. The van der Waals surface area contributed by atoms with E-state index in [4.69, 9.17) is 4.42 Å². The number of benzene rings is 1. The standard InChI is InChI=1S/C10H11NO3/c1-6(12)7-3-4-9-8(5-7)11(2)10(13)14-9/h3-6,12H,1-2H3. The van der Waals surface area contributed by atoms with Crippen molar-refractivity contribution < 1.29 is 9.52 Å². The van der Waals surface area contributed by atoms with Crippen molar-refractivity contribution in [2.24, 2.45) is 7.05 Å².